The largest absolute Gasteiger partial charge is 0.322 e. The van der Waals surface area contributed by atoms with E-state index >= 15 is 0 Å². The van der Waals surface area contributed by atoms with E-state index in [1.807, 2.05) is 19.1 Å². The highest BCUT2D eigenvalue weighted by atomic mass is 16.1. The zero-order chi connectivity index (χ0) is 10.8. The number of aromatic amines is 1. The van der Waals surface area contributed by atoms with Gasteiger partial charge < -0.3 is 9.78 Å². The van der Waals surface area contributed by atoms with Crippen molar-refractivity contribution in [2.45, 2.75) is 13.3 Å². The first-order valence-electron chi connectivity index (χ1n) is 4.77. The average Bonchev–Trinajstić information content (AvgIpc) is 2.22. The van der Waals surface area contributed by atoms with E-state index in [2.05, 4.69) is 4.98 Å². The summed E-state index contributed by atoms with van der Waals surface area (Å²) in [6, 6.07) is 7.12. The first-order chi connectivity index (χ1) is 7.22. The van der Waals surface area contributed by atoms with Crippen LogP contribution < -0.4 is 5.56 Å². The summed E-state index contributed by atoms with van der Waals surface area (Å²) >= 11 is 0. The average molecular weight is 201 g/mol. The molecule has 0 saturated carbocycles. The van der Waals surface area contributed by atoms with E-state index in [0.717, 1.165) is 28.3 Å². The Bertz CT molecular complexity index is 569. The van der Waals surface area contributed by atoms with E-state index in [1.165, 1.54) is 6.07 Å². The molecular formula is C12H11NO2. The van der Waals surface area contributed by atoms with Crippen molar-refractivity contribution in [2.75, 3.05) is 0 Å². The molecule has 1 N–H and O–H groups in total. The first kappa shape index (κ1) is 9.65. The maximum atomic E-state index is 11.2. The number of benzene rings is 1. The molecule has 1 heterocycles. The maximum Gasteiger partial charge on any atom is 0.248 e. The Morgan fingerprint density at radius 1 is 1.27 bits per heavy atom. The standard InChI is InChI=1S/C12H11NO2/c1-8-2-3-9(6-7-14)12-10(8)4-5-11(15)13-12/h2-5,7H,6H2,1H3,(H,13,15). The van der Waals surface area contributed by atoms with Crippen LogP contribution in [-0.2, 0) is 11.2 Å². The van der Waals surface area contributed by atoms with Crippen molar-refractivity contribution in [1.29, 1.82) is 0 Å². The quantitative estimate of drug-likeness (QED) is 0.750. The fourth-order valence-electron chi connectivity index (χ4n) is 1.72. The van der Waals surface area contributed by atoms with Crippen LogP contribution in [0.5, 0.6) is 0 Å². The van der Waals surface area contributed by atoms with Crippen molar-refractivity contribution >= 4 is 17.2 Å². The number of fused-ring (bicyclic) bond motifs is 1. The van der Waals surface area contributed by atoms with E-state index in [1.54, 1.807) is 6.07 Å². The molecule has 15 heavy (non-hydrogen) atoms. The van der Waals surface area contributed by atoms with Crippen molar-refractivity contribution in [3.63, 3.8) is 0 Å². The van der Waals surface area contributed by atoms with Crippen LogP contribution in [0.3, 0.4) is 0 Å². The van der Waals surface area contributed by atoms with Crippen molar-refractivity contribution < 1.29 is 4.79 Å². The number of hydrogen-bond acceptors (Lipinski definition) is 2. The third-order valence-corrected chi connectivity index (χ3v) is 2.50. The Hall–Kier alpha value is -1.90. The molecule has 3 heteroatoms. The molecule has 0 spiro atoms. The molecule has 0 amide bonds. The van der Waals surface area contributed by atoms with Gasteiger partial charge in [-0.2, -0.15) is 0 Å². The topological polar surface area (TPSA) is 49.9 Å². The molecule has 0 atom stereocenters. The Balaban J connectivity index is 2.83. The Labute approximate surface area is 86.8 Å². The highest BCUT2D eigenvalue weighted by molar-refractivity contribution is 5.86. The van der Waals surface area contributed by atoms with E-state index in [0.29, 0.717) is 6.42 Å². The van der Waals surface area contributed by atoms with Crippen molar-refractivity contribution in [3.8, 4) is 0 Å². The van der Waals surface area contributed by atoms with Crippen LogP contribution >= 0.6 is 0 Å². The van der Waals surface area contributed by atoms with Crippen LogP contribution in [-0.4, -0.2) is 11.3 Å². The van der Waals surface area contributed by atoms with Gasteiger partial charge in [-0.25, -0.2) is 0 Å². The minimum Gasteiger partial charge on any atom is -0.322 e. The lowest BCUT2D eigenvalue weighted by Crippen LogP contribution is -2.05. The second kappa shape index (κ2) is 3.69. The van der Waals surface area contributed by atoms with Gasteiger partial charge in [0.2, 0.25) is 5.56 Å². The molecule has 0 radical (unpaired) electrons. The van der Waals surface area contributed by atoms with Crippen LogP contribution in [0, 0.1) is 6.92 Å². The van der Waals surface area contributed by atoms with Gasteiger partial charge in [-0.1, -0.05) is 12.1 Å². The van der Waals surface area contributed by atoms with Crippen LogP contribution in [0.1, 0.15) is 11.1 Å². The van der Waals surface area contributed by atoms with Gasteiger partial charge in [0.1, 0.15) is 6.29 Å². The summed E-state index contributed by atoms with van der Waals surface area (Å²) < 4.78 is 0. The van der Waals surface area contributed by atoms with Gasteiger partial charge in [0.05, 0.1) is 5.52 Å². The number of aromatic nitrogens is 1. The SMILES string of the molecule is Cc1ccc(CC=O)c2[nH]c(=O)ccc12. The summed E-state index contributed by atoms with van der Waals surface area (Å²) in [5, 5.41) is 0.994. The summed E-state index contributed by atoms with van der Waals surface area (Å²) in [6.07, 6.45) is 1.17. The van der Waals surface area contributed by atoms with Crippen LogP contribution in [0.25, 0.3) is 10.9 Å². The lowest BCUT2D eigenvalue weighted by molar-refractivity contribution is -0.107. The second-order valence-electron chi connectivity index (χ2n) is 3.52. The molecule has 0 unspecified atom stereocenters. The number of hydrogen-bond donors (Lipinski definition) is 1. The Morgan fingerprint density at radius 3 is 2.80 bits per heavy atom. The number of pyridine rings is 1. The fourth-order valence-corrected chi connectivity index (χ4v) is 1.72. The van der Waals surface area contributed by atoms with E-state index in [4.69, 9.17) is 0 Å². The van der Waals surface area contributed by atoms with Crippen molar-refractivity contribution in [3.05, 3.63) is 45.7 Å². The van der Waals surface area contributed by atoms with Crippen LogP contribution in [0.4, 0.5) is 0 Å². The molecule has 0 bridgehead atoms. The predicted molar refractivity (Wildman–Crippen MR) is 59.1 cm³/mol. The smallest absolute Gasteiger partial charge is 0.248 e. The summed E-state index contributed by atoms with van der Waals surface area (Å²) in [6.45, 7) is 1.98. The number of rotatable bonds is 2. The summed E-state index contributed by atoms with van der Waals surface area (Å²) in [7, 11) is 0. The molecule has 0 aliphatic heterocycles. The third kappa shape index (κ3) is 1.68. The van der Waals surface area contributed by atoms with Gasteiger partial charge in [0.25, 0.3) is 0 Å². The van der Waals surface area contributed by atoms with Gasteiger partial charge in [0, 0.05) is 17.9 Å². The third-order valence-electron chi connectivity index (χ3n) is 2.50. The van der Waals surface area contributed by atoms with Gasteiger partial charge >= 0.3 is 0 Å². The Morgan fingerprint density at radius 2 is 2.07 bits per heavy atom. The fraction of sp³-hybridized carbons (Fsp3) is 0.167. The second-order valence-corrected chi connectivity index (χ2v) is 3.52. The molecule has 1 aromatic carbocycles. The van der Waals surface area contributed by atoms with E-state index < -0.39 is 0 Å². The van der Waals surface area contributed by atoms with Gasteiger partial charge in [-0.05, 0) is 24.1 Å². The molecule has 0 aliphatic carbocycles. The normalized spacial score (nSPS) is 10.5. The lowest BCUT2D eigenvalue weighted by Gasteiger charge is -2.05. The Kier molecular flexibility index (Phi) is 2.37. The number of carbonyl (C=O) groups is 1. The zero-order valence-electron chi connectivity index (χ0n) is 8.41. The molecule has 0 aliphatic rings. The summed E-state index contributed by atoms with van der Waals surface area (Å²) in [4.78, 5) is 24.5. The zero-order valence-corrected chi connectivity index (χ0v) is 8.41. The number of aldehydes is 1. The molecule has 2 rings (SSSR count). The van der Waals surface area contributed by atoms with E-state index in [9.17, 15) is 9.59 Å². The van der Waals surface area contributed by atoms with Gasteiger partial charge in [0.15, 0.2) is 0 Å². The van der Waals surface area contributed by atoms with E-state index in [-0.39, 0.29) is 5.56 Å². The van der Waals surface area contributed by atoms with Crippen molar-refractivity contribution in [2.24, 2.45) is 0 Å². The number of H-pyrrole nitrogens is 1. The summed E-state index contributed by atoms with van der Waals surface area (Å²) in [5.74, 6) is 0. The molecule has 2 aromatic rings. The number of carbonyl (C=O) groups excluding carboxylic acids is 1. The molecule has 76 valence electrons. The molecule has 1 aromatic heterocycles. The summed E-state index contributed by atoms with van der Waals surface area (Å²) in [5.41, 5.74) is 2.59. The van der Waals surface area contributed by atoms with Crippen molar-refractivity contribution in [1.82, 2.24) is 4.98 Å². The molecule has 0 fully saturated rings. The van der Waals surface area contributed by atoms with Crippen LogP contribution in [0.15, 0.2) is 29.1 Å². The maximum absolute atomic E-state index is 11.2. The number of aryl methyl sites for hydroxylation is 1. The lowest BCUT2D eigenvalue weighted by atomic mass is 10.0. The minimum atomic E-state index is -0.139. The molecule has 0 saturated heterocycles. The highest BCUT2D eigenvalue weighted by Gasteiger charge is 2.03. The predicted octanol–water partition coefficient (Wildman–Crippen LogP) is 1.58. The molecule has 3 nitrogen and oxygen atoms in total. The first-order valence-corrected chi connectivity index (χ1v) is 4.77. The van der Waals surface area contributed by atoms with Crippen LogP contribution in [0.2, 0.25) is 0 Å². The van der Waals surface area contributed by atoms with Gasteiger partial charge in [-0.3, -0.25) is 4.79 Å². The number of nitrogens with one attached hydrogen (secondary N) is 1. The highest BCUT2D eigenvalue weighted by Crippen LogP contribution is 2.18. The molecular weight excluding hydrogens is 190 g/mol. The minimum absolute atomic E-state index is 0.139. The van der Waals surface area contributed by atoms with Gasteiger partial charge in [-0.15, -0.1) is 0 Å². The monoisotopic (exact) mass is 201 g/mol.